The van der Waals surface area contributed by atoms with E-state index in [1.807, 2.05) is 20.8 Å². The van der Waals surface area contributed by atoms with Crippen molar-refractivity contribution in [3.63, 3.8) is 0 Å². The van der Waals surface area contributed by atoms with E-state index >= 15 is 0 Å². The van der Waals surface area contributed by atoms with Gasteiger partial charge in [0.2, 0.25) is 0 Å². The van der Waals surface area contributed by atoms with Gasteiger partial charge in [-0.2, -0.15) is 0 Å². The Balaban J connectivity index is 2.97. The van der Waals surface area contributed by atoms with E-state index in [-0.39, 0.29) is 6.04 Å². The van der Waals surface area contributed by atoms with Gasteiger partial charge in [0.25, 0.3) is 0 Å². The van der Waals surface area contributed by atoms with Gasteiger partial charge >= 0.3 is 12.0 Å². The number of amides is 2. The molecule has 0 aromatic heterocycles. The van der Waals surface area contributed by atoms with Crippen LogP contribution in [0.3, 0.4) is 0 Å². The first-order valence-electron chi connectivity index (χ1n) is 6.42. The largest absolute Gasteiger partial charge is 0.479 e. The highest BCUT2D eigenvalue weighted by Crippen LogP contribution is 2.23. The van der Waals surface area contributed by atoms with Gasteiger partial charge in [0, 0.05) is 23.2 Å². The van der Waals surface area contributed by atoms with Gasteiger partial charge in [0.15, 0.2) is 6.04 Å². The van der Waals surface area contributed by atoms with Crippen LogP contribution in [-0.4, -0.2) is 34.6 Å². The minimum absolute atomic E-state index is 0.0132. The molecule has 6 heteroatoms. The second-order valence-electron chi connectivity index (χ2n) is 4.62. The van der Waals surface area contributed by atoms with Gasteiger partial charge in [0.1, 0.15) is 0 Å². The van der Waals surface area contributed by atoms with Crippen molar-refractivity contribution in [3.8, 4) is 0 Å². The first-order valence-corrected chi connectivity index (χ1v) is 6.80. The number of hydrogen-bond acceptors (Lipinski definition) is 2. The number of benzene rings is 1. The minimum Gasteiger partial charge on any atom is -0.479 e. The molecule has 20 heavy (non-hydrogen) atoms. The lowest BCUT2D eigenvalue weighted by Crippen LogP contribution is -2.46. The van der Waals surface area contributed by atoms with E-state index in [2.05, 4.69) is 5.32 Å². The van der Waals surface area contributed by atoms with Crippen LogP contribution in [0, 0.1) is 0 Å². The fourth-order valence-electron chi connectivity index (χ4n) is 1.93. The second-order valence-corrected chi connectivity index (χ2v) is 5.03. The van der Waals surface area contributed by atoms with Gasteiger partial charge in [0.05, 0.1) is 0 Å². The first-order chi connectivity index (χ1) is 9.38. The monoisotopic (exact) mass is 298 g/mol. The molecule has 1 aromatic carbocycles. The summed E-state index contributed by atoms with van der Waals surface area (Å²) in [4.78, 5) is 25.0. The molecule has 110 valence electrons. The Morgan fingerprint density at radius 3 is 2.40 bits per heavy atom. The zero-order chi connectivity index (χ0) is 15.3. The van der Waals surface area contributed by atoms with Crippen LogP contribution in [0.1, 0.15) is 32.4 Å². The maximum absolute atomic E-state index is 12.1. The third-order valence-electron chi connectivity index (χ3n) is 2.96. The topological polar surface area (TPSA) is 69.6 Å². The van der Waals surface area contributed by atoms with Crippen molar-refractivity contribution >= 4 is 23.6 Å². The van der Waals surface area contributed by atoms with Gasteiger partial charge in [-0.3, -0.25) is 0 Å². The molecule has 0 aliphatic carbocycles. The number of aliphatic carboxylic acids is 1. The Hall–Kier alpha value is -1.75. The molecule has 0 aliphatic rings. The van der Waals surface area contributed by atoms with Gasteiger partial charge in [-0.15, -0.1) is 0 Å². The number of carboxylic acid groups (broad SMARTS) is 1. The van der Waals surface area contributed by atoms with Crippen molar-refractivity contribution in [3.05, 3.63) is 34.9 Å². The Morgan fingerprint density at radius 1 is 1.35 bits per heavy atom. The van der Waals surface area contributed by atoms with Crippen molar-refractivity contribution in [2.75, 3.05) is 6.54 Å². The molecule has 0 heterocycles. The van der Waals surface area contributed by atoms with Gasteiger partial charge in [-0.05, 0) is 26.8 Å². The number of carbonyl (C=O) groups excluding carboxylic acids is 1. The Bertz CT molecular complexity index is 491. The number of urea groups is 1. The van der Waals surface area contributed by atoms with Crippen LogP contribution < -0.4 is 5.32 Å². The van der Waals surface area contributed by atoms with Gasteiger partial charge in [-0.25, -0.2) is 9.59 Å². The van der Waals surface area contributed by atoms with E-state index in [0.29, 0.717) is 17.1 Å². The lowest BCUT2D eigenvalue weighted by Gasteiger charge is -2.27. The fourth-order valence-corrected chi connectivity index (χ4v) is 2.18. The van der Waals surface area contributed by atoms with E-state index in [1.54, 1.807) is 29.2 Å². The zero-order valence-electron chi connectivity index (χ0n) is 11.8. The third kappa shape index (κ3) is 3.87. The number of nitrogens with one attached hydrogen (secondary N) is 1. The number of hydrogen-bond donors (Lipinski definition) is 2. The summed E-state index contributed by atoms with van der Waals surface area (Å²) in [5.74, 6) is -1.15. The van der Waals surface area contributed by atoms with Crippen LogP contribution in [0.4, 0.5) is 4.79 Å². The highest BCUT2D eigenvalue weighted by atomic mass is 35.5. The number of carbonyl (C=O) groups is 2. The maximum Gasteiger partial charge on any atom is 0.331 e. The van der Waals surface area contributed by atoms with Crippen LogP contribution in [0.15, 0.2) is 24.3 Å². The fraction of sp³-hybridized carbons (Fsp3) is 0.429. The highest BCUT2D eigenvalue weighted by Gasteiger charge is 2.26. The normalized spacial score (nSPS) is 12.1. The Labute approximate surface area is 123 Å². The Morgan fingerprint density at radius 2 is 1.95 bits per heavy atom. The summed E-state index contributed by atoms with van der Waals surface area (Å²) in [5, 5.41) is 12.1. The number of nitrogens with zero attached hydrogens (tertiary/aromatic N) is 1. The van der Waals surface area contributed by atoms with E-state index in [0.717, 1.165) is 0 Å². The number of rotatable bonds is 5. The molecule has 5 nitrogen and oxygen atoms in total. The molecule has 0 aliphatic heterocycles. The van der Waals surface area contributed by atoms with Gasteiger partial charge < -0.3 is 15.3 Å². The highest BCUT2D eigenvalue weighted by molar-refractivity contribution is 6.31. The minimum atomic E-state index is -1.16. The lowest BCUT2D eigenvalue weighted by atomic mass is 10.1. The molecule has 1 rings (SSSR count). The van der Waals surface area contributed by atoms with Crippen molar-refractivity contribution < 1.29 is 14.7 Å². The third-order valence-corrected chi connectivity index (χ3v) is 3.30. The maximum atomic E-state index is 12.1. The summed E-state index contributed by atoms with van der Waals surface area (Å²) in [6.07, 6.45) is 0. The van der Waals surface area contributed by atoms with Crippen LogP contribution in [0.5, 0.6) is 0 Å². The van der Waals surface area contributed by atoms with E-state index < -0.39 is 18.0 Å². The molecule has 2 amide bonds. The summed E-state index contributed by atoms with van der Waals surface area (Å²) in [6.45, 7) is 6.08. The molecule has 0 spiro atoms. The smallest absolute Gasteiger partial charge is 0.331 e. The van der Waals surface area contributed by atoms with Crippen molar-refractivity contribution in [1.29, 1.82) is 0 Å². The molecule has 1 atom stereocenters. The molecule has 0 bridgehead atoms. The predicted octanol–water partition coefficient (Wildman–Crippen LogP) is 2.91. The molecule has 0 saturated heterocycles. The summed E-state index contributed by atoms with van der Waals surface area (Å²) < 4.78 is 0. The molecule has 0 unspecified atom stereocenters. The second kappa shape index (κ2) is 7.14. The van der Waals surface area contributed by atoms with Crippen molar-refractivity contribution in [2.45, 2.75) is 32.9 Å². The summed E-state index contributed by atoms with van der Waals surface area (Å²) in [7, 11) is 0. The van der Waals surface area contributed by atoms with Crippen LogP contribution in [0.2, 0.25) is 5.02 Å². The molecule has 0 radical (unpaired) electrons. The predicted molar refractivity (Wildman–Crippen MR) is 77.9 cm³/mol. The molecule has 0 saturated carbocycles. The number of halogens is 1. The van der Waals surface area contributed by atoms with Crippen LogP contribution in [-0.2, 0) is 4.79 Å². The Kier molecular flexibility index (Phi) is 5.82. The molecule has 1 aromatic rings. The average Bonchev–Trinajstić information content (AvgIpc) is 2.37. The standard InChI is InChI=1S/C14H19ClN2O3/c1-4-17(9(2)3)14(20)16-12(13(18)19)10-7-5-6-8-11(10)15/h5-9,12H,4H2,1-3H3,(H,16,20)(H,18,19)/t12-/m1/s1. The average molecular weight is 299 g/mol. The van der Waals surface area contributed by atoms with Crippen LogP contribution >= 0.6 is 11.6 Å². The quantitative estimate of drug-likeness (QED) is 0.878. The molecular formula is C14H19ClN2O3. The molecule has 2 N–H and O–H groups in total. The van der Waals surface area contributed by atoms with E-state index in [4.69, 9.17) is 11.6 Å². The summed E-state index contributed by atoms with van der Waals surface area (Å²) in [5.41, 5.74) is 0.370. The SMILES string of the molecule is CCN(C(=O)N[C@@H](C(=O)O)c1ccccc1Cl)C(C)C. The van der Waals surface area contributed by atoms with Gasteiger partial charge in [-0.1, -0.05) is 29.8 Å². The van der Waals surface area contributed by atoms with Crippen molar-refractivity contribution in [2.24, 2.45) is 0 Å². The summed E-state index contributed by atoms with van der Waals surface area (Å²) in [6, 6.07) is 4.98. The zero-order valence-corrected chi connectivity index (χ0v) is 12.5. The van der Waals surface area contributed by atoms with Crippen LogP contribution in [0.25, 0.3) is 0 Å². The van der Waals surface area contributed by atoms with E-state index in [1.165, 1.54) is 0 Å². The first kappa shape index (κ1) is 16.3. The molecule has 0 fully saturated rings. The van der Waals surface area contributed by atoms with Crippen molar-refractivity contribution in [1.82, 2.24) is 10.2 Å². The lowest BCUT2D eigenvalue weighted by molar-refractivity contribution is -0.139. The number of carboxylic acids is 1. The summed E-state index contributed by atoms with van der Waals surface area (Å²) >= 11 is 5.99. The van der Waals surface area contributed by atoms with E-state index in [9.17, 15) is 14.7 Å². The molecular weight excluding hydrogens is 280 g/mol.